The predicted molar refractivity (Wildman–Crippen MR) is 117 cm³/mol. The number of piperazine rings is 1. The third-order valence-corrected chi connectivity index (χ3v) is 4.68. The highest BCUT2D eigenvalue weighted by Gasteiger charge is 2.20. The molecule has 0 bridgehead atoms. The Labute approximate surface area is 183 Å². The first-order valence-electron chi connectivity index (χ1n) is 9.15. The van der Waals surface area contributed by atoms with E-state index >= 15 is 0 Å². The molecule has 0 radical (unpaired) electrons. The zero-order chi connectivity index (χ0) is 19.1. The highest BCUT2D eigenvalue weighted by atomic mass is 35.5. The lowest BCUT2D eigenvalue weighted by Gasteiger charge is -2.35. The monoisotopic (exact) mass is 443 g/mol. The van der Waals surface area contributed by atoms with Crippen molar-refractivity contribution in [1.29, 1.82) is 0 Å². The first kappa shape index (κ1) is 25.1. The summed E-state index contributed by atoms with van der Waals surface area (Å²) in [4.78, 5) is 15.1. The summed E-state index contributed by atoms with van der Waals surface area (Å²) in [7, 11) is 0. The van der Waals surface area contributed by atoms with Crippen LogP contribution in [0.3, 0.4) is 0 Å². The molecule has 29 heavy (non-hydrogen) atoms. The number of nitro benzene ring substituents is 1. The molecule has 0 amide bonds. The summed E-state index contributed by atoms with van der Waals surface area (Å²) in [6, 6.07) is 16.6. The van der Waals surface area contributed by atoms with Gasteiger partial charge in [-0.2, -0.15) is 0 Å². The van der Waals surface area contributed by atoms with E-state index in [-0.39, 0.29) is 42.9 Å². The lowest BCUT2D eigenvalue weighted by atomic mass is 10.2. The van der Waals surface area contributed by atoms with Crippen molar-refractivity contribution in [2.45, 2.75) is 12.6 Å². The number of para-hydroxylation sites is 2. The van der Waals surface area contributed by atoms with E-state index in [4.69, 9.17) is 4.74 Å². The number of ether oxygens (including phenoxy) is 1. The number of aliphatic hydroxyl groups is 1. The second-order valence-electron chi connectivity index (χ2n) is 6.75. The SMILES string of the molecule is Cl.Cl.O=[N+]([O-])c1ccccc1OCC(O)CN1CCN(Cc2ccccc2)CC1. The molecule has 1 atom stereocenters. The first-order chi connectivity index (χ1) is 13.1. The first-order valence-corrected chi connectivity index (χ1v) is 9.15. The number of halogens is 2. The van der Waals surface area contributed by atoms with Crippen LogP contribution in [0.25, 0.3) is 0 Å². The normalized spacial score (nSPS) is 15.6. The number of nitrogens with zero attached hydrogens (tertiary/aromatic N) is 3. The molecule has 1 aliphatic rings. The third kappa shape index (κ3) is 7.79. The second-order valence-corrected chi connectivity index (χ2v) is 6.75. The highest BCUT2D eigenvalue weighted by Crippen LogP contribution is 2.25. The van der Waals surface area contributed by atoms with Gasteiger partial charge in [0.1, 0.15) is 12.7 Å². The molecular formula is C20H27Cl2N3O4. The molecule has 0 aromatic heterocycles. The van der Waals surface area contributed by atoms with E-state index in [2.05, 4.69) is 34.1 Å². The van der Waals surface area contributed by atoms with Crippen LogP contribution in [0, 0.1) is 10.1 Å². The largest absolute Gasteiger partial charge is 0.484 e. The molecule has 9 heteroatoms. The van der Waals surface area contributed by atoms with E-state index in [1.807, 2.05) is 6.07 Å². The number of rotatable bonds is 8. The van der Waals surface area contributed by atoms with Crippen LogP contribution in [-0.2, 0) is 6.54 Å². The van der Waals surface area contributed by atoms with Gasteiger partial charge in [-0.3, -0.25) is 19.9 Å². The minimum atomic E-state index is -0.689. The topological polar surface area (TPSA) is 79.1 Å². The van der Waals surface area contributed by atoms with Crippen molar-refractivity contribution in [3.05, 3.63) is 70.3 Å². The van der Waals surface area contributed by atoms with Gasteiger partial charge in [-0.25, -0.2) is 0 Å². The van der Waals surface area contributed by atoms with Crippen molar-refractivity contribution in [3.8, 4) is 5.75 Å². The molecule has 0 saturated carbocycles. The lowest BCUT2D eigenvalue weighted by Crippen LogP contribution is -2.48. The fourth-order valence-corrected chi connectivity index (χ4v) is 3.24. The molecule has 1 fully saturated rings. The van der Waals surface area contributed by atoms with Crippen molar-refractivity contribution in [2.24, 2.45) is 0 Å². The lowest BCUT2D eigenvalue weighted by molar-refractivity contribution is -0.385. The summed E-state index contributed by atoms with van der Waals surface area (Å²) in [5.74, 6) is 0.189. The van der Waals surface area contributed by atoms with E-state index in [0.717, 1.165) is 32.7 Å². The van der Waals surface area contributed by atoms with Crippen molar-refractivity contribution < 1.29 is 14.8 Å². The number of benzene rings is 2. The molecule has 1 saturated heterocycles. The average Bonchev–Trinajstić information content (AvgIpc) is 2.69. The van der Waals surface area contributed by atoms with Crippen LogP contribution >= 0.6 is 24.8 Å². The highest BCUT2D eigenvalue weighted by molar-refractivity contribution is 5.85. The van der Waals surface area contributed by atoms with Crippen LogP contribution in [0.1, 0.15) is 5.56 Å². The van der Waals surface area contributed by atoms with Gasteiger partial charge in [-0.15, -0.1) is 24.8 Å². The summed E-state index contributed by atoms with van der Waals surface area (Å²) in [6.07, 6.45) is -0.689. The van der Waals surface area contributed by atoms with Crippen LogP contribution < -0.4 is 4.74 Å². The maximum absolute atomic E-state index is 11.0. The van der Waals surface area contributed by atoms with E-state index in [9.17, 15) is 15.2 Å². The number of nitro groups is 1. The molecule has 0 spiro atoms. The summed E-state index contributed by atoms with van der Waals surface area (Å²) in [5, 5.41) is 21.2. The smallest absolute Gasteiger partial charge is 0.310 e. The maximum Gasteiger partial charge on any atom is 0.310 e. The van der Waals surface area contributed by atoms with Gasteiger partial charge in [0, 0.05) is 45.3 Å². The molecule has 160 valence electrons. The van der Waals surface area contributed by atoms with E-state index in [1.54, 1.807) is 18.2 Å². The Morgan fingerprint density at radius 2 is 1.55 bits per heavy atom. The van der Waals surface area contributed by atoms with E-state index in [1.165, 1.54) is 11.6 Å². The standard InChI is InChI=1S/C20H25N3O4.2ClH/c24-18(16-27-20-9-5-4-8-19(20)23(25)26)15-22-12-10-21(11-13-22)14-17-6-2-1-3-7-17;;/h1-9,18,24H,10-16H2;2*1H. The quantitative estimate of drug-likeness (QED) is 0.498. The maximum atomic E-state index is 11.0. The third-order valence-electron chi connectivity index (χ3n) is 4.68. The molecule has 1 N–H and O–H groups in total. The summed E-state index contributed by atoms with van der Waals surface area (Å²) >= 11 is 0. The van der Waals surface area contributed by atoms with Crippen LogP contribution in [0.15, 0.2) is 54.6 Å². The minimum absolute atomic E-state index is 0. The van der Waals surface area contributed by atoms with Crippen molar-refractivity contribution in [3.63, 3.8) is 0 Å². The molecule has 1 heterocycles. The van der Waals surface area contributed by atoms with Crippen molar-refractivity contribution >= 4 is 30.5 Å². The number of β-amino-alcohol motifs (C(OH)–C–C–N with tert-alkyl or cyclic N) is 1. The fraction of sp³-hybridized carbons (Fsp3) is 0.400. The van der Waals surface area contributed by atoms with Gasteiger partial charge in [0.25, 0.3) is 0 Å². The second kappa shape index (κ2) is 12.6. The summed E-state index contributed by atoms with van der Waals surface area (Å²) in [6.45, 7) is 5.15. The zero-order valence-corrected chi connectivity index (χ0v) is 17.7. The van der Waals surface area contributed by atoms with Gasteiger partial charge in [-0.1, -0.05) is 42.5 Å². The molecule has 1 aliphatic heterocycles. The number of hydrogen-bond acceptors (Lipinski definition) is 6. The number of hydrogen-bond donors (Lipinski definition) is 1. The van der Waals surface area contributed by atoms with Crippen LogP contribution in [0.5, 0.6) is 5.75 Å². The van der Waals surface area contributed by atoms with Crippen LogP contribution in [-0.4, -0.2) is 65.3 Å². The van der Waals surface area contributed by atoms with Crippen LogP contribution in [0.2, 0.25) is 0 Å². The molecule has 0 aliphatic carbocycles. The Morgan fingerprint density at radius 1 is 0.966 bits per heavy atom. The average molecular weight is 444 g/mol. The molecule has 2 aromatic rings. The Morgan fingerprint density at radius 3 is 2.21 bits per heavy atom. The molecule has 3 rings (SSSR count). The van der Waals surface area contributed by atoms with E-state index in [0.29, 0.717) is 6.54 Å². The Kier molecular flexibility index (Phi) is 10.9. The molecule has 1 unspecified atom stereocenters. The Bertz CT molecular complexity index is 744. The fourth-order valence-electron chi connectivity index (χ4n) is 3.24. The molecule has 2 aromatic carbocycles. The van der Waals surface area contributed by atoms with Crippen LogP contribution in [0.4, 0.5) is 5.69 Å². The zero-order valence-electron chi connectivity index (χ0n) is 16.1. The molecule has 7 nitrogen and oxygen atoms in total. The van der Waals surface area contributed by atoms with Gasteiger partial charge >= 0.3 is 5.69 Å². The minimum Gasteiger partial charge on any atom is -0.484 e. The van der Waals surface area contributed by atoms with Gasteiger partial charge in [0.2, 0.25) is 0 Å². The number of aliphatic hydroxyl groups excluding tert-OH is 1. The summed E-state index contributed by atoms with van der Waals surface area (Å²) in [5.41, 5.74) is 1.23. The van der Waals surface area contributed by atoms with Gasteiger partial charge in [-0.05, 0) is 11.6 Å². The van der Waals surface area contributed by atoms with Gasteiger partial charge in [0.05, 0.1) is 4.92 Å². The van der Waals surface area contributed by atoms with Crippen molar-refractivity contribution in [1.82, 2.24) is 9.80 Å². The predicted octanol–water partition coefficient (Wildman–Crippen LogP) is 3.00. The van der Waals surface area contributed by atoms with Crippen molar-refractivity contribution in [2.75, 3.05) is 39.3 Å². The Hall–Kier alpha value is -1.90. The Balaban J connectivity index is 0.00000210. The summed E-state index contributed by atoms with van der Waals surface area (Å²) < 4.78 is 5.47. The van der Waals surface area contributed by atoms with Gasteiger partial charge < -0.3 is 9.84 Å². The molecular weight excluding hydrogens is 417 g/mol. The van der Waals surface area contributed by atoms with Gasteiger partial charge in [0.15, 0.2) is 5.75 Å². The van der Waals surface area contributed by atoms with E-state index < -0.39 is 11.0 Å².